The number of esters is 1. The van der Waals surface area contributed by atoms with Gasteiger partial charge in [-0.1, -0.05) is 6.07 Å². The molecule has 2 amide bonds. The third kappa shape index (κ3) is 4.09. The molecule has 0 saturated carbocycles. The summed E-state index contributed by atoms with van der Waals surface area (Å²) in [6, 6.07) is 3.11. The quantitative estimate of drug-likeness (QED) is 0.810. The Balaban J connectivity index is 1.97. The molecule has 2 rings (SSSR count). The maximum absolute atomic E-state index is 13.4. The highest BCUT2D eigenvalue weighted by Gasteiger charge is 2.25. The standard InChI is InChI=1S/C14H13F2N3O4/c1-7(23-14(22)10-5-6-11(20)19-18-10)13(21)17-12-8(15)3-2-4-9(12)16/h2-4,7H,5-6H2,1H3,(H,17,21)(H,19,20)/t7-/m1/s1. The zero-order chi connectivity index (χ0) is 17.0. The SMILES string of the molecule is C[C@@H](OC(=O)C1=NNC(=O)CC1)C(=O)Nc1c(F)cccc1F. The normalized spacial score (nSPS) is 15.3. The fraction of sp³-hybridized carbons (Fsp3) is 0.286. The van der Waals surface area contributed by atoms with Crippen molar-refractivity contribution in [2.24, 2.45) is 5.10 Å². The molecule has 1 aliphatic rings. The average molecular weight is 325 g/mol. The molecule has 1 aromatic carbocycles. The zero-order valence-electron chi connectivity index (χ0n) is 12.1. The lowest BCUT2D eigenvalue weighted by atomic mass is 10.2. The smallest absolute Gasteiger partial charge is 0.355 e. The van der Waals surface area contributed by atoms with Crippen LogP contribution in [0.5, 0.6) is 0 Å². The molecule has 0 radical (unpaired) electrons. The first-order valence-corrected chi connectivity index (χ1v) is 6.69. The highest BCUT2D eigenvalue weighted by Crippen LogP contribution is 2.18. The molecule has 1 aromatic rings. The molecule has 9 heteroatoms. The molecule has 0 fully saturated rings. The van der Waals surface area contributed by atoms with Gasteiger partial charge in [0.2, 0.25) is 5.91 Å². The van der Waals surface area contributed by atoms with E-state index in [1.807, 2.05) is 5.32 Å². The number of ether oxygens (including phenoxy) is 1. The van der Waals surface area contributed by atoms with Crippen molar-refractivity contribution in [1.82, 2.24) is 5.43 Å². The Labute approximate surface area is 129 Å². The summed E-state index contributed by atoms with van der Waals surface area (Å²) < 4.78 is 31.7. The first kappa shape index (κ1) is 16.5. The maximum Gasteiger partial charge on any atom is 0.355 e. The highest BCUT2D eigenvalue weighted by atomic mass is 19.1. The van der Waals surface area contributed by atoms with Gasteiger partial charge in [0.1, 0.15) is 23.0 Å². The van der Waals surface area contributed by atoms with Gasteiger partial charge < -0.3 is 10.1 Å². The van der Waals surface area contributed by atoms with Gasteiger partial charge in [-0.05, 0) is 19.1 Å². The summed E-state index contributed by atoms with van der Waals surface area (Å²) in [6.45, 7) is 1.24. The molecular formula is C14H13F2N3O4. The molecule has 2 N–H and O–H groups in total. The number of hydrogen-bond acceptors (Lipinski definition) is 5. The fourth-order valence-electron chi connectivity index (χ4n) is 1.75. The molecule has 7 nitrogen and oxygen atoms in total. The molecule has 23 heavy (non-hydrogen) atoms. The Morgan fingerprint density at radius 2 is 1.96 bits per heavy atom. The molecule has 0 bridgehead atoms. The summed E-state index contributed by atoms with van der Waals surface area (Å²) in [6.07, 6.45) is -1.14. The zero-order valence-corrected chi connectivity index (χ0v) is 12.1. The van der Waals surface area contributed by atoms with E-state index in [9.17, 15) is 23.2 Å². The lowest BCUT2D eigenvalue weighted by Crippen LogP contribution is -2.36. The Bertz CT molecular complexity index is 670. The largest absolute Gasteiger partial charge is 0.448 e. The van der Waals surface area contributed by atoms with Crippen LogP contribution >= 0.6 is 0 Å². The van der Waals surface area contributed by atoms with Crippen molar-refractivity contribution in [3.63, 3.8) is 0 Å². The number of hydrazone groups is 1. The Morgan fingerprint density at radius 3 is 2.52 bits per heavy atom. The van der Waals surface area contributed by atoms with Gasteiger partial charge in [-0.2, -0.15) is 5.10 Å². The van der Waals surface area contributed by atoms with Gasteiger partial charge in [0.15, 0.2) is 6.10 Å². The average Bonchev–Trinajstić information content (AvgIpc) is 2.51. The molecule has 0 aliphatic carbocycles. The summed E-state index contributed by atoms with van der Waals surface area (Å²) in [5, 5.41) is 5.54. The molecule has 0 unspecified atom stereocenters. The van der Waals surface area contributed by atoms with Crippen molar-refractivity contribution >= 4 is 29.2 Å². The van der Waals surface area contributed by atoms with Gasteiger partial charge in [0, 0.05) is 12.8 Å². The predicted octanol–water partition coefficient (Wildman–Crippen LogP) is 1.10. The molecule has 0 aromatic heterocycles. The minimum atomic E-state index is -1.30. The van der Waals surface area contributed by atoms with E-state index in [4.69, 9.17) is 4.74 Å². The highest BCUT2D eigenvalue weighted by molar-refractivity contribution is 6.37. The van der Waals surface area contributed by atoms with E-state index in [-0.39, 0.29) is 24.5 Å². The maximum atomic E-state index is 13.4. The molecule has 0 saturated heterocycles. The second-order valence-corrected chi connectivity index (χ2v) is 4.73. The number of para-hydroxylation sites is 1. The first-order valence-electron chi connectivity index (χ1n) is 6.69. The topological polar surface area (TPSA) is 96.9 Å². The summed E-state index contributed by atoms with van der Waals surface area (Å²) in [5.74, 6) is -4.01. The van der Waals surface area contributed by atoms with Crippen LogP contribution in [0.4, 0.5) is 14.5 Å². The van der Waals surface area contributed by atoms with Crippen LogP contribution in [0, 0.1) is 11.6 Å². The van der Waals surface area contributed by atoms with E-state index in [2.05, 4.69) is 10.5 Å². The van der Waals surface area contributed by atoms with Crippen molar-refractivity contribution in [3.8, 4) is 0 Å². The Hall–Kier alpha value is -2.84. The van der Waals surface area contributed by atoms with Gasteiger partial charge in [0.05, 0.1) is 0 Å². The van der Waals surface area contributed by atoms with Crippen LogP contribution in [0.1, 0.15) is 19.8 Å². The lowest BCUT2D eigenvalue weighted by molar-refractivity contribution is -0.146. The number of nitrogens with one attached hydrogen (secondary N) is 2. The van der Waals surface area contributed by atoms with E-state index in [1.54, 1.807) is 0 Å². The third-order valence-electron chi connectivity index (χ3n) is 3.00. The summed E-state index contributed by atoms with van der Waals surface area (Å²) >= 11 is 0. The van der Waals surface area contributed by atoms with Crippen molar-refractivity contribution in [2.45, 2.75) is 25.9 Å². The van der Waals surface area contributed by atoms with Crippen LogP contribution in [0.2, 0.25) is 0 Å². The van der Waals surface area contributed by atoms with E-state index in [1.165, 1.54) is 6.92 Å². The number of nitrogens with zero attached hydrogens (tertiary/aromatic N) is 1. The van der Waals surface area contributed by atoms with Crippen LogP contribution in [0.3, 0.4) is 0 Å². The second-order valence-electron chi connectivity index (χ2n) is 4.73. The molecule has 0 spiro atoms. The van der Waals surface area contributed by atoms with E-state index >= 15 is 0 Å². The van der Waals surface area contributed by atoms with Crippen LogP contribution in [-0.4, -0.2) is 29.6 Å². The molecular weight excluding hydrogens is 312 g/mol. The number of halogens is 2. The third-order valence-corrected chi connectivity index (χ3v) is 3.00. The minimum absolute atomic E-state index is 0.0404. The van der Waals surface area contributed by atoms with Crippen molar-refractivity contribution < 1.29 is 27.9 Å². The van der Waals surface area contributed by atoms with Crippen molar-refractivity contribution in [1.29, 1.82) is 0 Å². The lowest BCUT2D eigenvalue weighted by Gasteiger charge is -2.16. The fourth-order valence-corrected chi connectivity index (χ4v) is 1.75. The number of carbonyl (C=O) groups is 3. The molecule has 122 valence electrons. The molecule has 1 heterocycles. The summed E-state index contributed by atoms with van der Waals surface area (Å²) in [4.78, 5) is 34.6. The Morgan fingerprint density at radius 1 is 1.30 bits per heavy atom. The Kier molecular flexibility index (Phi) is 4.99. The number of carbonyl (C=O) groups excluding carboxylic acids is 3. The van der Waals surface area contributed by atoms with Crippen LogP contribution in [0.15, 0.2) is 23.3 Å². The van der Waals surface area contributed by atoms with Gasteiger partial charge >= 0.3 is 5.97 Å². The summed E-state index contributed by atoms with van der Waals surface area (Å²) in [7, 11) is 0. The van der Waals surface area contributed by atoms with Gasteiger partial charge in [-0.25, -0.2) is 19.0 Å². The van der Waals surface area contributed by atoms with Gasteiger partial charge in [0.25, 0.3) is 5.91 Å². The van der Waals surface area contributed by atoms with Crippen molar-refractivity contribution in [2.75, 3.05) is 5.32 Å². The number of rotatable bonds is 4. The van der Waals surface area contributed by atoms with E-state index in [0.29, 0.717) is 0 Å². The van der Waals surface area contributed by atoms with Crippen LogP contribution < -0.4 is 10.7 Å². The number of hydrogen-bond donors (Lipinski definition) is 2. The van der Waals surface area contributed by atoms with E-state index < -0.39 is 35.3 Å². The molecule has 1 atom stereocenters. The van der Waals surface area contributed by atoms with Gasteiger partial charge in [-0.3, -0.25) is 9.59 Å². The number of benzene rings is 1. The number of amides is 2. The van der Waals surface area contributed by atoms with Gasteiger partial charge in [-0.15, -0.1) is 0 Å². The second kappa shape index (κ2) is 6.95. The monoisotopic (exact) mass is 325 g/mol. The molecule has 1 aliphatic heterocycles. The first-order chi connectivity index (χ1) is 10.9. The van der Waals surface area contributed by atoms with Crippen LogP contribution in [-0.2, 0) is 19.1 Å². The number of anilines is 1. The van der Waals surface area contributed by atoms with Crippen molar-refractivity contribution in [3.05, 3.63) is 29.8 Å². The summed E-state index contributed by atoms with van der Waals surface area (Å²) in [5.41, 5.74) is 1.46. The predicted molar refractivity (Wildman–Crippen MR) is 75.4 cm³/mol. The van der Waals surface area contributed by atoms with E-state index in [0.717, 1.165) is 18.2 Å². The minimum Gasteiger partial charge on any atom is -0.448 e. The van der Waals surface area contributed by atoms with Crippen LogP contribution in [0.25, 0.3) is 0 Å².